The van der Waals surface area contributed by atoms with Gasteiger partial charge in [-0.3, -0.25) is 4.79 Å². The lowest BCUT2D eigenvalue weighted by molar-refractivity contribution is 0.0920. The zero-order valence-electron chi connectivity index (χ0n) is 13.8. The summed E-state index contributed by atoms with van der Waals surface area (Å²) in [5.41, 5.74) is 2.13. The Labute approximate surface area is 153 Å². The number of hydrogen-bond donors (Lipinski definition) is 1. The minimum absolute atomic E-state index is 0.121. The average molecular weight is 374 g/mol. The summed E-state index contributed by atoms with van der Waals surface area (Å²) in [6.45, 7) is 2.03. The van der Waals surface area contributed by atoms with Gasteiger partial charge in [0, 0.05) is 22.4 Å². The van der Waals surface area contributed by atoms with Crippen LogP contribution in [0.3, 0.4) is 0 Å². The van der Waals surface area contributed by atoms with E-state index in [1.54, 1.807) is 29.5 Å². The van der Waals surface area contributed by atoms with Crippen molar-refractivity contribution in [3.63, 3.8) is 0 Å². The molecule has 9 heteroatoms. The molecule has 1 saturated carbocycles. The summed E-state index contributed by atoms with van der Waals surface area (Å²) in [5, 5.41) is 17.2. The molecule has 4 rings (SSSR count). The molecule has 1 N–H and O–H groups in total. The van der Waals surface area contributed by atoms with Gasteiger partial charge >= 0.3 is 0 Å². The van der Waals surface area contributed by atoms with Crippen molar-refractivity contribution in [3.8, 4) is 0 Å². The number of carbonyl (C=O) groups is 1. The number of thiazole rings is 1. The molecule has 0 atom stereocenters. The van der Waals surface area contributed by atoms with Gasteiger partial charge in [0.25, 0.3) is 5.91 Å². The van der Waals surface area contributed by atoms with Gasteiger partial charge in [0.2, 0.25) is 0 Å². The summed E-state index contributed by atoms with van der Waals surface area (Å²) < 4.78 is 2.62. The molecule has 0 radical (unpaired) electrons. The molecule has 3 aromatic heterocycles. The average Bonchev–Trinajstić information content (AvgIpc) is 3.25. The SMILES string of the molecule is Cc1csc(SC2CCC(NC(=O)c3cccc4nnnn34)CC2)n1. The van der Waals surface area contributed by atoms with E-state index in [2.05, 4.69) is 31.2 Å². The van der Waals surface area contributed by atoms with Crippen LogP contribution in [0.15, 0.2) is 27.9 Å². The summed E-state index contributed by atoms with van der Waals surface area (Å²) in [6, 6.07) is 5.52. The van der Waals surface area contributed by atoms with Gasteiger partial charge in [-0.2, -0.15) is 4.52 Å². The number of rotatable bonds is 4. The van der Waals surface area contributed by atoms with Crippen LogP contribution >= 0.6 is 23.1 Å². The monoisotopic (exact) mass is 374 g/mol. The molecule has 1 aliphatic carbocycles. The Kier molecular flexibility index (Phi) is 4.67. The van der Waals surface area contributed by atoms with Crippen LogP contribution in [-0.2, 0) is 0 Å². The van der Waals surface area contributed by atoms with Crippen LogP contribution < -0.4 is 5.32 Å². The molecule has 3 heterocycles. The van der Waals surface area contributed by atoms with Crippen LogP contribution in [0.1, 0.15) is 41.9 Å². The first-order valence-corrected chi connectivity index (χ1v) is 10.0. The van der Waals surface area contributed by atoms with E-state index in [0.717, 1.165) is 35.7 Å². The van der Waals surface area contributed by atoms with Gasteiger partial charge < -0.3 is 5.32 Å². The third-order valence-corrected chi connectivity index (χ3v) is 6.76. The fourth-order valence-electron chi connectivity index (χ4n) is 3.05. The Hall–Kier alpha value is -2.00. The summed E-state index contributed by atoms with van der Waals surface area (Å²) in [6.07, 6.45) is 4.14. The van der Waals surface area contributed by atoms with E-state index in [4.69, 9.17) is 0 Å². The van der Waals surface area contributed by atoms with Crippen LogP contribution in [0.25, 0.3) is 5.65 Å². The van der Waals surface area contributed by atoms with Gasteiger partial charge in [-0.05, 0) is 55.2 Å². The largest absolute Gasteiger partial charge is 0.348 e. The number of nitrogens with one attached hydrogen (secondary N) is 1. The van der Waals surface area contributed by atoms with Gasteiger partial charge in [-0.15, -0.1) is 16.4 Å². The highest BCUT2D eigenvalue weighted by Crippen LogP contribution is 2.35. The van der Waals surface area contributed by atoms with Crippen molar-refractivity contribution in [2.24, 2.45) is 0 Å². The Morgan fingerprint density at radius 3 is 2.92 bits per heavy atom. The fraction of sp³-hybridized carbons (Fsp3) is 0.438. The highest BCUT2D eigenvalue weighted by atomic mass is 32.2. The second-order valence-electron chi connectivity index (χ2n) is 6.18. The van der Waals surface area contributed by atoms with Crippen LogP contribution in [0, 0.1) is 6.92 Å². The minimum atomic E-state index is -0.121. The van der Waals surface area contributed by atoms with Gasteiger partial charge in [-0.25, -0.2) is 4.98 Å². The molecular weight excluding hydrogens is 356 g/mol. The van der Waals surface area contributed by atoms with Crippen molar-refractivity contribution in [3.05, 3.63) is 35.0 Å². The number of carbonyl (C=O) groups excluding carboxylic acids is 1. The van der Waals surface area contributed by atoms with E-state index < -0.39 is 0 Å². The molecule has 7 nitrogen and oxygen atoms in total. The van der Waals surface area contributed by atoms with E-state index >= 15 is 0 Å². The lowest BCUT2D eigenvalue weighted by Gasteiger charge is -2.28. The van der Waals surface area contributed by atoms with Crippen LogP contribution in [0.5, 0.6) is 0 Å². The first kappa shape index (κ1) is 16.5. The number of hydrogen-bond acceptors (Lipinski definition) is 7. The number of pyridine rings is 1. The second kappa shape index (κ2) is 7.09. The van der Waals surface area contributed by atoms with Gasteiger partial charge in [0.05, 0.1) is 0 Å². The number of aryl methyl sites for hydroxylation is 1. The number of amides is 1. The lowest BCUT2D eigenvalue weighted by atomic mass is 9.95. The minimum Gasteiger partial charge on any atom is -0.348 e. The lowest BCUT2D eigenvalue weighted by Crippen LogP contribution is -2.38. The summed E-state index contributed by atoms with van der Waals surface area (Å²) >= 11 is 3.58. The highest BCUT2D eigenvalue weighted by Gasteiger charge is 2.25. The molecule has 1 amide bonds. The molecule has 0 saturated heterocycles. The summed E-state index contributed by atoms with van der Waals surface area (Å²) in [7, 11) is 0. The van der Waals surface area contributed by atoms with Gasteiger partial charge in [-0.1, -0.05) is 17.8 Å². The van der Waals surface area contributed by atoms with E-state index in [9.17, 15) is 4.79 Å². The maximum absolute atomic E-state index is 12.6. The van der Waals surface area contributed by atoms with E-state index in [1.807, 2.05) is 18.7 Å². The molecule has 1 aliphatic rings. The van der Waals surface area contributed by atoms with Crippen molar-refractivity contribution >= 4 is 34.7 Å². The van der Waals surface area contributed by atoms with Crippen molar-refractivity contribution in [2.75, 3.05) is 0 Å². The molecule has 0 spiro atoms. The zero-order valence-corrected chi connectivity index (χ0v) is 15.4. The van der Waals surface area contributed by atoms with Crippen LogP contribution in [0.4, 0.5) is 0 Å². The summed E-state index contributed by atoms with van der Waals surface area (Å²) in [4.78, 5) is 17.1. The van der Waals surface area contributed by atoms with E-state index in [0.29, 0.717) is 16.6 Å². The number of tetrazole rings is 1. The van der Waals surface area contributed by atoms with Crippen molar-refractivity contribution in [2.45, 2.75) is 48.2 Å². The molecule has 0 aromatic carbocycles. The Morgan fingerprint density at radius 2 is 2.16 bits per heavy atom. The van der Waals surface area contributed by atoms with Crippen LogP contribution in [-0.4, -0.2) is 42.2 Å². The van der Waals surface area contributed by atoms with Gasteiger partial charge in [0.1, 0.15) is 10.0 Å². The Morgan fingerprint density at radius 1 is 1.32 bits per heavy atom. The molecular formula is C16H18N6OS2. The third-order valence-electron chi connectivity index (χ3n) is 4.33. The normalized spacial score (nSPS) is 20.7. The van der Waals surface area contributed by atoms with Crippen molar-refractivity contribution < 1.29 is 4.79 Å². The predicted molar refractivity (Wildman–Crippen MR) is 97.0 cm³/mol. The maximum Gasteiger partial charge on any atom is 0.270 e. The Bertz CT molecular complexity index is 884. The molecule has 1 fully saturated rings. The number of fused-ring (bicyclic) bond motifs is 1. The van der Waals surface area contributed by atoms with Gasteiger partial charge in [0.15, 0.2) is 5.65 Å². The van der Waals surface area contributed by atoms with E-state index in [-0.39, 0.29) is 11.9 Å². The molecule has 25 heavy (non-hydrogen) atoms. The number of aromatic nitrogens is 5. The molecule has 0 bridgehead atoms. The molecule has 3 aromatic rings. The topological polar surface area (TPSA) is 85.1 Å². The molecule has 0 aliphatic heterocycles. The first-order valence-electron chi connectivity index (χ1n) is 8.26. The van der Waals surface area contributed by atoms with Crippen molar-refractivity contribution in [1.82, 2.24) is 30.3 Å². The zero-order chi connectivity index (χ0) is 17.2. The second-order valence-corrected chi connectivity index (χ2v) is 8.59. The summed E-state index contributed by atoms with van der Waals surface area (Å²) in [5.74, 6) is -0.121. The highest BCUT2D eigenvalue weighted by molar-refractivity contribution is 8.01. The molecule has 0 unspecified atom stereocenters. The van der Waals surface area contributed by atoms with Crippen molar-refractivity contribution in [1.29, 1.82) is 0 Å². The Balaban J connectivity index is 1.34. The van der Waals surface area contributed by atoms with E-state index in [1.165, 1.54) is 4.52 Å². The first-order chi connectivity index (χ1) is 12.2. The predicted octanol–water partition coefficient (Wildman–Crippen LogP) is 2.72. The quantitative estimate of drug-likeness (QED) is 0.756. The maximum atomic E-state index is 12.6. The number of thioether (sulfide) groups is 1. The smallest absolute Gasteiger partial charge is 0.270 e. The number of nitrogens with zero attached hydrogens (tertiary/aromatic N) is 5. The van der Waals surface area contributed by atoms with Crippen LogP contribution in [0.2, 0.25) is 0 Å². The molecule has 130 valence electrons. The third kappa shape index (κ3) is 3.67. The fourth-order valence-corrected chi connectivity index (χ4v) is 5.34. The standard InChI is InChI=1S/C16H18N6OS2/c1-10-9-24-16(17-10)25-12-7-5-11(6-8-12)18-15(23)13-3-2-4-14-19-20-21-22(13)14/h2-4,9,11-12H,5-8H2,1H3,(H,18,23).